The van der Waals surface area contributed by atoms with Crippen LogP contribution in [0.1, 0.15) is 18.1 Å². The fourth-order valence-corrected chi connectivity index (χ4v) is 5.01. The molecule has 33 heavy (non-hydrogen) atoms. The highest BCUT2D eigenvalue weighted by molar-refractivity contribution is 7.92. The first-order valence-corrected chi connectivity index (χ1v) is 11.6. The van der Waals surface area contributed by atoms with Gasteiger partial charge in [-0.3, -0.25) is 9.48 Å². The fraction of sp³-hybridized carbons (Fsp3) is 0.273. The van der Waals surface area contributed by atoms with E-state index in [4.69, 9.17) is 9.47 Å². The Labute approximate surface area is 189 Å². The van der Waals surface area contributed by atoms with Crippen LogP contribution in [0.5, 0.6) is 5.75 Å². The van der Waals surface area contributed by atoms with Gasteiger partial charge in [-0.25, -0.2) is 17.2 Å². The number of benzene rings is 2. The molecule has 3 aromatic rings. The van der Waals surface area contributed by atoms with E-state index in [0.29, 0.717) is 19.1 Å². The zero-order chi connectivity index (χ0) is 23.6. The van der Waals surface area contributed by atoms with Crippen LogP contribution in [0.15, 0.2) is 59.6 Å². The number of ether oxygens (including phenoxy) is 2. The smallest absolute Gasteiger partial charge is 0.271 e. The zero-order valence-electron chi connectivity index (χ0n) is 17.6. The third-order valence-corrected chi connectivity index (χ3v) is 7.36. The largest absolute Gasteiger partial charge is 0.473 e. The SMILES string of the molecule is Cn1ccc(NC(=O)C(Oc2ccc(F)cc2F)c2ccc(S(=O)(=O)C3CCOC3)cc2)n1. The Balaban J connectivity index is 1.63. The number of rotatable bonds is 7. The quantitative estimate of drug-likeness (QED) is 0.562. The monoisotopic (exact) mass is 477 g/mol. The standard InChI is InChI=1S/C22H21F2N3O5S/c1-27-10-8-20(26-27)25-22(28)21(32-19-7-4-15(23)12-18(19)24)14-2-5-16(6-3-14)33(29,30)17-9-11-31-13-17/h2-8,10,12,17,21H,9,11,13H2,1H3,(H,25,26,28). The molecule has 2 atom stereocenters. The first kappa shape index (κ1) is 22.9. The van der Waals surface area contributed by atoms with Crippen LogP contribution in [0.3, 0.4) is 0 Å². The molecule has 0 bridgehead atoms. The van der Waals surface area contributed by atoms with E-state index in [-0.39, 0.29) is 28.6 Å². The molecule has 1 saturated heterocycles. The number of nitrogens with one attached hydrogen (secondary N) is 1. The van der Waals surface area contributed by atoms with Gasteiger partial charge < -0.3 is 14.8 Å². The van der Waals surface area contributed by atoms with E-state index in [0.717, 1.165) is 12.1 Å². The number of carbonyl (C=O) groups excluding carboxylic acids is 1. The molecule has 174 valence electrons. The summed E-state index contributed by atoms with van der Waals surface area (Å²) in [6.07, 6.45) is 0.669. The van der Waals surface area contributed by atoms with Gasteiger partial charge in [0.25, 0.3) is 5.91 Å². The third kappa shape index (κ3) is 5.04. The van der Waals surface area contributed by atoms with Gasteiger partial charge in [-0.1, -0.05) is 12.1 Å². The van der Waals surface area contributed by atoms with Gasteiger partial charge in [0, 0.05) is 37.5 Å². The number of halogens is 2. The van der Waals surface area contributed by atoms with Crippen molar-refractivity contribution in [3.8, 4) is 5.75 Å². The van der Waals surface area contributed by atoms with Crippen LogP contribution in [0.2, 0.25) is 0 Å². The van der Waals surface area contributed by atoms with E-state index in [1.54, 1.807) is 19.3 Å². The van der Waals surface area contributed by atoms with E-state index < -0.39 is 38.7 Å². The highest BCUT2D eigenvalue weighted by Gasteiger charge is 2.32. The predicted molar refractivity (Wildman–Crippen MR) is 114 cm³/mol. The molecular weight excluding hydrogens is 456 g/mol. The molecule has 2 heterocycles. The highest BCUT2D eigenvalue weighted by atomic mass is 32.2. The van der Waals surface area contributed by atoms with Crippen LogP contribution in [-0.4, -0.2) is 42.6 Å². The number of aromatic nitrogens is 2. The van der Waals surface area contributed by atoms with Crippen molar-refractivity contribution in [2.75, 3.05) is 18.5 Å². The highest BCUT2D eigenvalue weighted by Crippen LogP contribution is 2.29. The van der Waals surface area contributed by atoms with Crippen LogP contribution < -0.4 is 10.1 Å². The number of amides is 1. The van der Waals surface area contributed by atoms with E-state index >= 15 is 0 Å². The Hall–Kier alpha value is -3.31. The van der Waals surface area contributed by atoms with Gasteiger partial charge in [0.15, 0.2) is 27.2 Å². The number of carbonyl (C=O) groups is 1. The van der Waals surface area contributed by atoms with E-state index in [1.807, 2.05) is 0 Å². The van der Waals surface area contributed by atoms with Crippen molar-refractivity contribution in [1.29, 1.82) is 0 Å². The molecule has 0 saturated carbocycles. The summed E-state index contributed by atoms with van der Waals surface area (Å²) in [6, 6.07) is 9.87. The van der Waals surface area contributed by atoms with E-state index in [9.17, 15) is 22.0 Å². The lowest BCUT2D eigenvalue weighted by Gasteiger charge is -2.19. The first-order chi connectivity index (χ1) is 15.7. The normalized spacial score (nSPS) is 17.0. The lowest BCUT2D eigenvalue weighted by molar-refractivity contribution is -0.123. The molecule has 0 spiro atoms. The Morgan fingerprint density at radius 1 is 1.21 bits per heavy atom. The van der Waals surface area contributed by atoms with Crippen LogP contribution in [-0.2, 0) is 26.4 Å². The molecule has 1 aliphatic rings. The summed E-state index contributed by atoms with van der Waals surface area (Å²) >= 11 is 0. The molecule has 0 aliphatic carbocycles. The Bertz CT molecular complexity index is 1260. The summed E-state index contributed by atoms with van der Waals surface area (Å²) in [7, 11) is -1.93. The lowest BCUT2D eigenvalue weighted by atomic mass is 10.1. The van der Waals surface area contributed by atoms with Crippen LogP contribution in [0.25, 0.3) is 0 Å². The fourth-order valence-electron chi connectivity index (χ4n) is 3.43. The molecular formula is C22H21F2N3O5S. The van der Waals surface area contributed by atoms with Crippen LogP contribution in [0.4, 0.5) is 14.6 Å². The summed E-state index contributed by atoms with van der Waals surface area (Å²) in [5, 5.41) is 6.01. The van der Waals surface area contributed by atoms with E-state index in [1.165, 1.54) is 28.9 Å². The van der Waals surface area contributed by atoms with Gasteiger partial charge in [0.05, 0.1) is 16.8 Å². The molecule has 0 radical (unpaired) electrons. The van der Waals surface area contributed by atoms with Crippen molar-refractivity contribution in [1.82, 2.24) is 9.78 Å². The van der Waals surface area contributed by atoms with Crippen LogP contribution >= 0.6 is 0 Å². The second-order valence-electron chi connectivity index (χ2n) is 7.54. The van der Waals surface area contributed by atoms with Gasteiger partial charge >= 0.3 is 0 Å². The topological polar surface area (TPSA) is 99.5 Å². The summed E-state index contributed by atoms with van der Waals surface area (Å²) in [4.78, 5) is 13.1. The average molecular weight is 477 g/mol. The number of hydrogen-bond donors (Lipinski definition) is 1. The van der Waals surface area contributed by atoms with Crippen molar-refractivity contribution < 1.29 is 31.5 Å². The number of sulfone groups is 1. The minimum Gasteiger partial charge on any atom is -0.473 e. The molecule has 1 aromatic heterocycles. The Morgan fingerprint density at radius 3 is 2.58 bits per heavy atom. The average Bonchev–Trinajstić information content (AvgIpc) is 3.46. The Kier molecular flexibility index (Phi) is 6.43. The number of anilines is 1. The summed E-state index contributed by atoms with van der Waals surface area (Å²) < 4.78 is 65.3. The molecule has 4 rings (SSSR count). The van der Waals surface area contributed by atoms with Gasteiger partial charge in [0.2, 0.25) is 6.10 Å². The predicted octanol–water partition coefficient (Wildman–Crippen LogP) is 3.02. The van der Waals surface area contributed by atoms with E-state index in [2.05, 4.69) is 10.4 Å². The third-order valence-electron chi connectivity index (χ3n) is 5.18. The number of aryl methyl sites for hydroxylation is 1. The molecule has 1 fully saturated rings. The van der Waals surface area contributed by atoms with Crippen LogP contribution in [0, 0.1) is 11.6 Å². The van der Waals surface area contributed by atoms with Crippen molar-refractivity contribution in [3.63, 3.8) is 0 Å². The molecule has 1 N–H and O–H groups in total. The summed E-state index contributed by atoms with van der Waals surface area (Å²) in [5.41, 5.74) is 0.272. The number of nitrogens with zero attached hydrogens (tertiary/aromatic N) is 2. The maximum absolute atomic E-state index is 14.2. The molecule has 1 aliphatic heterocycles. The van der Waals surface area contributed by atoms with Gasteiger partial charge in [-0.2, -0.15) is 5.10 Å². The van der Waals surface area contributed by atoms with Crippen molar-refractivity contribution in [3.05, 3.63) is 71.9 Å². The zero-order valence-corrected chi connectivity index (χ0v) is 18.4. The maximum atomic E-state index is 14.2. The minimum atomic E-state index is -3.60. The minimum absolute atomic E-state index is 0.0820. The lowest BCUT2D eigenvalue weighted by Crippen LogP contribution is -2.26. The van der Waals surface area contributed by atoms with Crippen molar-refractivity contribution in [2.24, 2.45) is 7.05 Å². The number of hydrogen-bond acceptors (Lipinski definition) is 6. The summed E-state index contributed by atoms with van der Waals surface area (Å²) in [5.74, 6) is -2.53. The first-order valence-electron chi connectivity index (χ1n) is 10.1. The van der Waals surface area contributed by atoms with Gasteiger partial charge in [-0.05, 0) is 30.7 Å². The molecule has 2 aromatic carbocycles. The molecule has 1 amide bonds. The molecule has 8 nitrogen and oxygen atoms in total. The van der Waals surface area contributed by atoms with Crippen molar-refractivity contribution >= 4 is 21.6 Å². The Morgan fingerprint density at radius 2 is 1.97 bits per heavy atom. The second kappa shape index (κ2) is 9.28. The van der Waals surface area contributed by atoms with Gasteiger partial charge in [0.1, 0.15) is 5.82 Å². The molecule has 2 unspecified atom stereocenters. The maximum Gasteiger partial charge on any atom is 0.271 e. The van der Waals surface area contributed by atoms with Gasteiger partial charge in [-0.15, -0.1) is 0 Å². The second-order valence-corrected chi connectivity index (χ2v) is 9.76. The van der Waals surface area contributed by atoms with Crippen molar-refractivity contribution in [2.45, 2.75) is 22.7 Å². The molecule has 11 heteroatoms. The summed E-state index contributed by atoms with van der Waals surface area (Å²) in [6.45, 7) is 0.515.